The number of hydrogen-bond donors (Lipinski definition) is 1. The zero-order valence-corrected chi connectivity index (χ0v) is 13.1. The Balaban J connectivity index is 2.34. The fourth-order valence-electron chi connectivity index (χ4n) is 1.93. The number of rotatable bonds is 5. The molecule has 25 heavy (non-hydrogen) atoms. The molecule has 0 unspecified atom stereocenters. The number of nitriles is 1. The highest BCUT2D eigenvalue weighted by atomic mass is 19.4. The van der Waals surface area contributed by atoms with Gasteiger partial charge in [-0.2, -0.15) is 18.4 Å². The maximum atomic E-state index is 12.9. The van der Waals surface area contributed by atoms with E-state index in [4.69, 9.17) is 14.7 Å². The molecule has 0 bridgehead atoms. The van der Waals surface area contributed by atoms with E-state index in [-0.39, 0.29) is 11.4 Å². The summed E-state index contributed by atoms with van der Waals surface area (Å²) >= 11 is 0. The van der Waals surface area contributed by atoms with Crippen LogP contribution in [0.25, 0.3) is 0 Å². The summed E-state index contributed by atoms with van der Waals surface area (Å²) in [6.07, 6.45) is -5.06. The van der Waals surface area contributed by atoms with Gasteiger partial charge in [-0.1, -0.05) is 0 Å². The third-order valence-electron chi connectivity index (χ3n) is 3.11. The number of hydrogen-bond acceptors (Lipinski definition) is 4. The molecule has 5 nitrogen and oxygen atoms in total. The molecule has 0 aliphatic heterocycles. The molecule has 0 heterocycles. The average Bonchev–Trinajstić information content (AvgIpc) is 2.56. The van der Waals surface area contributed by atoms with Gasteiger partial charge in [0.05, 0.1) is 24.4 Å². The Labute approximate surface area is 141 Å². The molecule has 0 aliphatic carbocycles. The van der Waals surface area contributed by atoms with E-state index in [2.05, 4.69) is 5.32 Å². The second-order valence-corrected chi connectivity index (χ2v) is 4.87. The van der Waals surface area contributed by atoms with E-state index in [0.29, 0.717) is 11.5 Å². The lowest BCUT2D eigenvalue weighted by molar-refractivity contribution is -0.137. The first kappa shape index (κ1) is 18.1. The molecule has 130 valence electrons. The molecule has 0 fully saturated rings. The second kappa shape index (κ2) is 7.57. The van der Waals surface area contributed by atoms with Crippen LogP contribution in [0.4, 0.5) is 18.9 Å². The van der Waals surface area contributed by atoms with Crippen molar-refractivity contribution < 1.29 is 27.4 Å². The van der Waals surface area contributed by atoms with Crippen LogP contribution in [0.2, 0.25) is 0 Å². The first-order chi connectivity index (χ1) is 11.8. The molecular formula is C17H13F3N2O3. The summed E-state index contributed by atoms with van der Waals surface area (Å²) in [5.74, 6) is 0.213. The molecule has 2 aromatic carbocycles. The van der Waals surface area contributed by atoms with E-state index >= 15 is 0 Å². The fourth-order valence-corrected chi connectivity index (χ4v) is 1.93. The molecule has 0 radical (unpaired) electrons. The van der Waals surface area contributed by atoms with Gasteiger partial charge in [0.15, 0.2) is 5.75 Å². The maximum Gasteiger partial charge on any atom is 0.416 e. The van der Waals surface area contributed by atoms with Gasteiger partial charge in [0.25, 0.3) is 0 Å². The van der Waals surface area contributed by atoms with Crippen molar-refractivity contribution in [2.75, 3.05) is 12.4 Å². The molecule has 0 aromatic heterocycles. The zero-order valence-electron chi connectivity index (χ0n) is 13.1. The van der Waals surface area contributed by atoms with Crippen LogP contribution in [0.3, 0.4) is 0 Å². The summed E-state index contributed by atoms with van der Waals surface area (Å²) in [7, 11) is 1.49. The smallest absolute Gasteiger partial charge is 0.416 e. The predicted molar refractivity (Wildman–Crippen MR) is 83.4 cm³/mol. The van der Waals surface area contributed by atoms with Crippen LogP contribution in [0, 0.1) is 11.3 Å². The van der Waals surface area contributed by atoms with Crippen molar-refractivity contribution in [2.45, 2.75) is 12.6 Å². The zero-order chi connectivity index (χ0) is 18.4. The number of carbonyl (C=O) groups excluding carboxylic acids is 1. The van der Waals surface area contributed by atoms with E-state index in [1.807, 2.05) is 0 Å². The number of nitrogens with one attached hydrogen (secondary N) is 1. The number of ether oxygens (including phenoxy) is 2. The Kier molecular flexibility index (Phi) is 5.49. The van der Waals surface area contributed by atoms with Crippen LogP contribution in [-0.2, 0) is 11.0 Å². The number of carbonyl (C=O) groups is 1. The van der Waals surface area contributed by atoms with Crippen LogP contribution in [0.5, 0.6) is 17.2 Å². The summed E-state index contributed by atoms with van der Waals surface area (Å²) < 4.78 is 49.2. The average molecular weight is 350 g/mol. The van der Waals surface area contributed by atoms with Crippen molar-refractivity contribution >= 4 is 11.6 Å². The van der Waals surface area contributed by atoms with E-state index in [1.165, 1.54) is 7.11 Å². The largest absolute Gasteiger partial charge is 0.497 e. The summed E-state index contributed by atoms with van der Waals surface area (Å²) in [5.41, 5.74) is -1.12. The molecule has 0 saturated carbocycles. The van der Waals surface area contributed by atoms with Crippen molar-refractivity contribution in [2.24, 2.45) is 0 Å². The maximum absolute atomic E-state index is 12.9. The van der Waals surface area contributed by atoms with Gasteiger partial charge in [0.2, 0.25) is 5.91 Å². The van der Waals surface area contributed by atoms with Crippen molar-refractivity contribution in [3.63, 3.8) is 0 Å². The second-order valence-electron chi connectivity index (χ2n) is 4.87. The minimum absolute atomic E-state index is 0.0180. The van der Waals surface area contributed by atoms with Crippen LogP contribution in [0.1, 0.15) is 12.0 Å². The fraction of sp³-hybridized carbons (Fsp3) is 0.176. The monoisotopic (exact) mass is 350 g/mol. The number of benzene rings is 2. The lowest BCUT2D eigenvalue weighted by atomic mass is 10.1. The molecule has 0 saturated heterocycles. The van der Waals surface area contributed by atoms with Crippen LogP contribution < -0.4 is 14.8 Å². The van der Waals surface area contributed by atoms with Gasteiger partial charge < -0.3 is 14.8 Å². The third kappa shape index (κ3) is 4.88. The third-order valence-corrected chi connectivity index (χ3v) is 3.11. The Morgan fingerprint density at radius 3 is 2.36 bits per heavy atom. The van der Waals surface area contributed by atoms with Crippen LogP contribution >= 0.6 is 0 Å². The summed E-state index contributed by atoms with van der Waals surface area (Å²) in [6, 6.07) is 10.7. The highest BCUT2D eigenvalue weighted by Crippen LogP contribution is 2.37. The van der Waals surface area contributed by atoms with Gasteiger partial charge in [-0.05, 0) is 42.5 Å². The number of anilines is 1. The molecule has 2 rings (SSSR count). The highest BCUT2D eigenvalue weighted by Gasteiger charge is 2.31. The lowest BCUT2D eigenvalue weighted by Gasteiger charge is -2.15. The van der Waals surface area contributed by atoms with Gasteiger partial charge >= 0.3 is 6.18 Å². The van der Waals surface area contributed by atoms with Gasteiger partial charge in [0.1, 0.15) is 17.9 Å². The molecular weight excluding hydrogens is 337 g/mol. The number of methoxy groups -OCH3 is 1. The van der Waals surface area contributed by atoms with Gasteiger partial charge in [0, 0.05) is 0 Å². The van der Waals surface area contributed by atoms with E-state index in [9.17, 15) is 18.0 Å². The predicted octanol–water partition coefficient (Wildman–Crippen LogP) is 4.36. The number of amides is 1. The van der Waals surface area contributed by atoms with Gasteiger partial charge in [-0.3, -0.25) is 4.79 Å². The normalized spacial score (nSPS) is 10.7. The Hall–Kier alpha value is -3.21. The Bertz CT molecular complexity index is 796. The standard InChI is InChI=1S/C17H13F3N2O3/c1-24-12-3-5-13(6-4-12)25-15-7-2-11(17(18,19)20)10-14(15)22-16(23)8-9-21/h2-7,10H,8H2,1H3,(H,22,23). The van der Waals surface area contributed by atoms with Crippen LogP contribution in [0.15, 0.2) is 42.5 Å². The Morgan fingerprint density at radius 2 is 1.80 bits per heavy atom. The minimum atomic E-state index is -4.58. The van der Waals surface area contributed by atoms with E-state index < -0.39 is 24.1 Å². The number of alkyl halides is 3. The van der Waals surface area contributed by atoms with Crippen molar-refractivity contribution in [1.29, 1.82) is 5.26 Å². The summed E-state index contributed by atoms with van der Waals surface area (Å²) in [5, 5.41) is 10.8. The van der Waals surface area contributed by atoms with E-state index in [1.54, 1.807) is 30.3 Å². The molecule has 1 N–H and O–H groups in total. The van der Waals surface area contributed by atoms with Crippen molar-refractivity contribution in [1.82, 2.24) is 0 Å². The molecule has 1 amide bonds. The van der Waals surface area contributed by atoms with Crippen molar-refractivity contribution in [3.05, 3.63) is 48.0 Å². The quantitative estimate of drug-likeness (QED) is 0.870. The molecule has 0 atom stereocenters. The number of nitrogens with zero attached hydrogens (tertiary/aromatic N) is 1. The summed E-state index contributed by atoms with van der Waals surface area (Å²) in [6.45, 7) is 0. The SMILES string of the molecule is COc1ccc(Oc2ccc(C(F)(F)F)cc2NC(=O)CC#N)cc1. The topological polar surface area (TPSA) is 71.3 Å². The van der Waals surface area contributed by atoms with Gasteiger partial charge in [-0.15, -0.1) is 0 Å². The lowest BCUT2D eigenvalue weighted by Crippen LogP contribution is -2.13. The summed E-state index contributed by atoms with van der Waals surface area (Å²) in [4.78, 5) is 11.6. The number of halogens is 3. The molecule has 0 aliphatic rings. The molecule has 8 heteroatoms. The van der Waals surface area contributed by atoms with Gasteiger partial charge in [-0.25, -0.2) is 0 Å². The van der Waals surface area contributed by atoms with Crippen molar-refractivity contribution in [3.8, 4) is 23.3 Å². The molecule has 0 spiro atoms. The van der Waals surface area contributed by atoms with Crippen LogP contribution in [-0.4, -0.2) is 13.0 Å². The molecule has 2 aromatic rings. The van der Waals surface area contributed by atoms with E-state index in [0.717, 1.165) is 18.2 Å². The highest BCUT2D eigenvalue weighted by molar-refractivity contribution is 5.93. The minimum Gasteiger partial charge on any atom is -0.497 e. The first-order valence-electron chi connectivity index (χ1n) is 7.03. The first-order valence-corrected chi connectivity index (χ1v) is 7.03. The Morgan fingerprint density at radius 1 is 1.16 bits per heavy atom.